The van der Waals surface area contributed by atoms with Crippen LogP contribution in [0.5, 0.6) is 0 Å². The van der Waals surface area contributed by atoms with Gasteiger partial charge in [0.1, 0.15) is 6.61 Å². The second-order valence-electron chi connectivity index (χ2n) is 4.18. The maximum atomic E-state index is 11.0. The Morgan fingerprint density at radius 2 is 2.06 bits per heavy atom. The Morgan fingerprint density at radius 1 is 1.38 bits per heavy atom. The molecular formula is C12H20O4. The van der Waals surface area contributed by atoms with Gasteiger partial charge in [-0.15, -0.1) is 0 Å². The first-order valence-corrected chi connectivity index (χ1v) is 5.73. The van der Waals surface area contributed by atoms with Crippen molar-refractivity contribution < 1.29 is 19.4 Å². The second-order valence-corrected chi connectivity index (χ2v) is 4.18. The van der Waals surface area contributed by atoms with Gasteiger partial charge in [-0.1, -0.05) is 19.4 Å². The van der Waals surface area contributed by atoms with Crippen molar-refractivity contribution in [3.8, 4) is 0 Å². The van der Waals surface area contributed by atoms with E-state index in [0.717, 1.165) is 25.7 Å². The van der Waals surface area contributed by atoms with Crippen molar-refractivity contribution in [1.82, 2.24) is 0 Å². The quantitative estimate of drug-likeness (QED) is 0.439. The Hall–Kier alpha value is -0.870. The molecule has 1 saturated carbocycles. The molecule has 0 amide bonds. The van der Waals surface area contributed by atoms with E-state index < -0.39 is 5.97 Å². The number of carbonyl (C=O) groups is 1. The summed E-state index contributed by atoms with van der Waals surface area (Å²) >= 11 is 0. The molecule has 1 fully saturated rings. The van der Waals surface area contributed by atoms with Gasteiger partial charge in [0.25, 0.3) is 0 Å². The van der Waals surface area contributed by atoms with Crippen molar-refractivity contribution in [3.05, 3.63) is 12.2 Å². The van der Waals surface area contributed by atoms with Gasteiger partial charge in [0.2, 0.25) is 0 Å². The SMILES string of the molecule is C=C(C)C(=O)OCCOC1CCCCC1O. The third kappa shape index (κ3) is 4.33. The highest BCUT2D eigenvalue weighted by molar-refractivity contribution is 5.86. The smallest absolute Gasteiger partial charge is 0.333 e. The number of hydrogen-bond donors (Lipinski definition) is 1. The summed E-state index contributed by atoms with van der Waals surface area (Å²) in [5.74, 6) is -0.396. The Balaban J connectivity index is 2.10. The fourth-order valence-corrected chi connectivity index (χ4v) is 1.73. The molecule has 16 heavy (non-hydrogen) atoms. The van der Waals surface area contributed by atoms with Crippen molar-refractivity contribution in [1.29, 1.82) is 0 Å². The first-order chi connectivity index (χ1) is 7.61. The average Bonchev–Trinajstić information content (AvgIpc) is 2.26. The minimum Gasteiger partial charge on any atom is -0.460 e. The van der Waals surface area contributed by atoms with Crippen LogP contribution in [0.2, 0.25) is 0 Å². The van der Waals surface area contributed by atoms with Crippen molar-refractivity contribution in [3.63, 3.8) is 0 Å². The maximum absolute atomic E-state index is 11.0. The topological polar surface area (TPSA) is 55.8 Å². The minimum atomic E-state index is -0.396. The lowest BCUT2D eigenvalue weighted by Gasteiger charge is -2.27. The Labute approximate surface area is 96.2 Å². The van der Waals surface area contributed by atoms with Gasteiger partial charge in [0.15, 0.2) is 0 Å². The zero-order chi connectivity index (χ0) is 12.0. The standard InChI is InChI=1S/C12H20O4/c1-9(2)12(14)16-8-7-15-11-6-4-3-5-10(11)13/h10-11,13H,1,3-8H2,2H3. The molecule has 4 nitrogen and oxygen atoms in total. The lowest BCUT2D eigenvalue weighted by molar-refractivity contribution is -0.142. The van der Waals surface area contributed by atoms with Gasteiger partial charge in [0.05, 0.1) is 18.8 Å². The van der Waals surface area contributed by atoms with Crippen LogP contribution in [0.25, 0.3) is 0 Å². The number of aliphatic hydroxyl groups excluding tert-OH is 1. The van der Waals surface area contributed by atoms with Crippen LogP contribution in [-0.2, 0) is 14.3 Å². The molecule has 0 aliphatic heterocycles. The molecular weight excluding hydrogens is 208 g/mol. The molecule has 0 bridgehead atoms. The summed E-state index contributed by atoms with van der Waals surface area (Å²) < 4.78 is 10.4. The number of esters is 1. The monoisotopic (exact) mass is 228 g/mol. The molecule has 0 spiro atoms. The van der Waals surface area contributed by atoms with E-state index in [0.29, 0.717) is 12.2 Å². The molecule has 0 radical (unpaired) electrons. The van der Waals surface area contributed by atoms with Gasteiger partial charge in [0, 0.05) is 5.57 Å². The van der Waals surface area contributed by atoms with Crippen LogP contribution >= 0.6 is 0 Å². The van der Waals surface area contributed by atoms with E-state index in [1.807, 2.05) is 0 Å². The van der Waals surface area contributed by atoms with Gasteiger partial charge >= 0.3 is 5.97 Å². The Morgan fingerprint density at radius 3 is 2.69 bits per heavy atom. The average molecular weight is 228 g/mol. The highest BCUT2D eigenvalue weighted by Gasteiger charge is 2.23. The van der Waals surface area contributed by atoms with E-state index in [9.17, 15) is 9.90 Å². The number of hydrogen-bond acceptors (Lipinski definition) is 4. The zero-order valence-electron chi connectivity index (χ0n) is 9.78. The van der Waals surface area contributed by atoms with E-state index in [1.165, 1.54) is 0 Å². The highest BCUT2D eigenvalue weighted by atomic mass is 16.6. The van der Waals surface area contributed by atoms with Crippen LogP contribution in [-0.4, -0.2) is 36.5 Å². The molecule has 0 aromatic rings. The molecule has 1 N–H and O–H groups in total. The molecule has 1 aliphatic rings. The van der Waals surface area contributed by atoms with Gasteiger partial charge in [-0.05, 0) is 19.8 Å². The molecule has 2 unspecified atom stereocenters. The predicted octanol–water partition coefficient (Wildman–Crippen LogP) is 1.43. The first-order valence-electron chi connectivity index (χ1n) is 5.73. The zero-order valence-corrected chi connectivity index (χ0v) is 9.78. The van der Waals surface area contributed by atoms with Gasteiger partial charge < -0.3 is 14.6 Å². The van der Waals surface area contributed by atoms with Crippen LogP contribution in [0.4, 0.5) is 0 Å². The molecule has 0 saturated heterocycles. The van der Waals surface area contributed by atoms with E-state index >= 15 is 0 Å². The third-order valence-electron chi connectivity index (χ3n) is 2.66. The maximum Gasteiger partial charge on any atom is 0.333 e. The van der Waals surface area contributed by atoms with Crippen LogP contribution in [0.3, 0.4) is 0 Å². The first kappa shape index (κ1) is 13.2. The molecule has 1 rings (SSSR count). The van der Waals surface area contributed by atoms with Crippen LogP contribution in [0.1, 0.15) is 32.6 Å². The van der Waals surface area contributed by atoms with Crippen LogP contribution in [0, 0.1) is 0 Å². The van der Waals surface area contributed by atoms with Gasteiger partial charge in [-0.2, -0.15) is 0 Å². The largest absolute Gasteiger partial charge is 0.460 e. The van der Waals surface area contributed by atoms with E-state index in [-0.39, 0.29) is 18.8 Å². The van der Waals surface area contributed by atoms with E-state index in [1.54, 1.807) is 6.92 Å². The highest BCUT2D eigenvalue weighted by Crippen LogP contribution is 2.20. The summed E-state index contributed by atoms with van der Waals surface area (Å²) in [6, 6.07) is 0. The fourth-order valence-electron chi connectivity index (χ4n) is 1.73. The number of aliphatic hydroxyl groups is 1. The molecule has 0 heterocycles. The fraction of sp³-hybridized carbons (Fsp3) is 0.750. The summed E-state index contributed by atoms with van der Waals surface area (Å²) in [4.78, 5) is 11.0. The summed E-state index contributed by atoms with van der Waals surface area (Å²) in [5.41, 5.74) is 0.387. The summed E-state index contributed by atoms with van der Waals surface area (Å²) in [6.07, 6.45) is 3.37. The molecule has 1 aliphatic carbocycles. The van der Waals surface area contributed by atoms with Crippen molar-refractivity contribution in [2.75, 3.05) is 13.2 Å². The van der Waals surface area contributed by atoms with Crippen LogP contribution < -0.4 is 0 Å². The lowest BCUT2D eigenvalue weighted by Crippen LogP contribution is -2.33. The molecule has 0 aromatic heterocycles. The third-order valence-corrected chi connectivity index (χ3v) is 2.66. The summed E-state index contributed by atoms with van der Waals surface area (Å²) in [5, 5.41) is 9.62. The van der Waals surface area contributed by atoms with Crippen LogP contribution in [0.15, 0.2) is 12.2 Å². The predicted molar refractivity (Wildman–Crippen MR) is 60.0 cm³/mol. The Kier molecular flexibility index (Phi) is 5.49. The molecule has 0 aromatic carbocycles. The minimum absolute atomic E-state index is 0.0997. The molecule has 92 valence electrons. The number of carbonyl (C=O) groups excluding carboxylic acids is 1. The molecule has 4 heteroatoms. The number of ether oxygens (including phenoxy) is 2. The van der Waals surface area contributed by atoms with Crippen molar-refractivity contribution in [2.24, 2.45) is 0 Å². The van der Waals surface area contributed by atoms with Crippen molar-refractivity contribution >= 4 is 5.97 Å². The lowest BCUT2D eigenvalue weighted by atomic mass is 9.95. The normalized spacial score (nSPS) is 25.1. The van der Waals surface area contributed by atoms with Gasteiger partial charge in [-0.3, -0.25) is 0 Å². The Bertz CT molecular complexity index is 249. The second kappa shape index (κ2) is 6.66. The van der Waals surface area contributed by atoms with Gasteiger partial charge in [-0.25, -0.2) is 4.79 Å². The molecule has 2 atom stereocenters. The summed E-state index contributed by atoms with van der Waals surface area (Å²) in [6.45, 7) is 5.64. The van der Waals surface area contributed by atoms with E-state index in [4.69, 9.17) is 9.47 Å². The van der Waals surface area contributed by atoms with Crippen molar-refractivity contribution in [2.45, 2.75) is 44.8 Å². The van der Waals surface area contributed by atoms with E-state index in [2.05, 4.69) is 6.58 Å². The summed E-state index contributed by atoms with van der Waals surface area (Å²) in [7, 11) is 0. The number of rotatable bonds is 5.